The summed E-state index contributed by atoms with van der Waals surface area (Å²) < 4.78 is 23.0. The molecule has 0 heterocycles. The predicted octanol–water partition coefficient (Wildman–Crippen LogP) is 13.4. The molecular formula is C38H77BO3P2. The molecule has 0 aromatic heterocycles. The fourth-order valence-electron chi connectivity index (χ4n) is 7.39. The van der Waals surface area contributed by atoms with Crippen molar-refractivity contribution in [2.24, 2.45) is 0 Å². The molecule has 0 N–H and O–H groups in total. The molecule has 3 nitrogen and oxygen atoms in total. The Labute approximate surface area is 277 Å². The summed E-state index contributed by atoms with van der Waals surface area (Å²) in [4.78, 5) is 0. The second-order valence-corrected chi connectivity index (χ2v) is 25.7. The van der Waals surface area contributed by atoms with Gasteiger partial charge in [0.1, 0.15) is 0 Å². The molecule has 44 heavy (non-hydrogen) atoms. The maximum atomic E-state index is 7.96. The van der Waals surface area contributed by atoms with Crippen molar-refractivity contribution in [2.45, 2.75) is 158 Å². The number of hydrogen-bond donors (Lipinski definition) is 0. The van der Waals surface area contributed by atoms with E-state index in [0.717, 1.165) is 5.75 Å². The van der Waals surface area contributed by atoms with Crippen LogP contribution in [0.5, 0.6) is 5.75 Å². The van der Waals surface area contributed by atoms with Gasteiger partial charge in [-0.1, -0.05) is 0 Å². The van der Waals surface area contributed by atoms with Gasteiger partial charge in [0.15, 0.2) is 0 Å². The van der Waals surface area contributed by atoms with E-state index in [-0.39, 0.29) is 0 Å². The summed E-state index contributed by atoms with van der Waals surface area (Å²) in [6, 6.07) is 10.5. The predicted molar refractivity (Wildman–Crippen MR) is 207 cm³/mol. The Hall–Kier alpha value is -0.135. The van der Waals surface area contributed by atoms with Crippen molar-refractivity contribution in [1.82, 2.24) is 0 Å². The summed E-state index contributed by atoms with van der Waals surface area (Å²) in [6.07, 6.45) is 29.5. The fraction of sp³-hybridized carbons (Fsp3) is 0.842. The molecule has 1 aromatic rings. The average molecular weight is 655 g/mol. The van der Waals surface area contributed by atoms with Crippen LogP contribution in [-0.2, 0) is 8.88 Å². The molecule has 0 bridgehead atoms. The zero-order valence-electron chi connectivity index (χ0n) is 31.1. The second kappa shape index (κ2) is 22.4. The van der Waals surface area contributed by atoms with Gasteiger partial charge in [-0.2, -0.15) is 0 Å². The first kappa shape index (κ1) is 41.9. The van der Waals surface area contributed by atoms with Gasteiger partial charge < -0.3 is 0 Å². The number of benzene rings is 1. The summed E-state index contributed by atoms with van der Waals surface area (Å²) >= 11 is 0. The third kappa shape index (κ3) is 13.5. The van der Waals surface area contributed by atoms with Crippen LogP contribution in [0.2, 0.25) is 0 Å². The zero-order chi connectivity index (χ0) is 32.7. The van der Waals surface area contributed by atoms with Crippen molar-refractivity contribution in [3.63, 3.8) is 0 Å². The molecule has 0 fully saturated rings. The van der Waals surface area contributed by atoms with Crippen molar-refractivity contribution in [3.05, 3.63) is 30.3 Å². The van der Waals surface area contributed by atoms with Gasteiger partial charge in [-0.3, -0.25) is 0 Å². The van der Waals surface area contributed by atoms with Crippen LogP contribution < -0.4 is 4.65 Å². The van der Waals surface area contributed by atoms with Crippen molar-refractivity contribution in [2.75, 3.05) is 49.3 Å². The van der Waals surface area contributed by atoms with E-state index < -0.39 is 21.0 Å². The standard InChI is InChI=1S/C38H77BO3P2/c1-9-17-30-43(31-18-10-2,32-19-11-3,33-20-12-4)41-39(40-38-28-26-25-27-29-38)42-44(34-21-13-5,35-22-14-6,36-23-15-7)37-24-16-8/h25-29H,9-24,30-37H2,1-8H3. The van der Waals surface area contributed by atoms with Crippen LogP contribution in [0.1, 0.15) is 158 Å². The third-order valence-corrected chi connectivity index (χ3v) is 23.5. The van der Waals surface area contributed by atoms with Gasteiger partial charge in [-0.15, -0.1) is 0 Å². The maximum absolute atomic E-state index is 7.96. The van der Waals surface area contributed by atoms with Crippen molar-refractivity contribution >= 4 is 21.0 Å². The van der Waals surface area contributed by atoms with Gasteiger partial charge in [-0.05, 0) is 0 Å². The molecule has 0 aliphatic carbocycles. The van der Waals surface area contributed by atoms with Gasteiger partial charge in [0.2, 0.25) is 0 Å². The summed E-state index contributed by atoms with van der Waals surface area (Å²) in [6.45, 7) is 13.6. The minimum atomic E-state index is -2.65. The van der Waals surface area contributed by atoms with E-state index in [2.05, 4.69) is 85.7 Å². The Morgan fingerprint density at radius 3 is 0.886 bits per heavy atom. The third-order valence-electron chi connectivity index (χ3n) is 10.4. The first-order chi connectivity index (χ1) is 21.3. The van der Waals surface area contributed by atoms with Crippen LogP contribution in [0.25, 0.3) is 0 Å². The number of para-hydroxylation sites is 1. The molecule has 0 unspecified atom stereocenters. The van der Waals surface area contributed by atoms with Crippen LogP contribution in [0, 0.1) is 0 Å². The topological polar surface area (TPSA) is 27.7 Å². The van der Waals surface area contributed by atoms with Gasteiger partial charge in [-0.25, -0.2) is 0 Å². The van der Waals surface area contributed by atoms with Crippen molar-refractivity contribution in [3.8, 4) is 5.75 Å². The van der Waals surface area contributed by atoms with E-state index >= 15 is 0 Å². The SMILES string of the molecule is CCCCP(CCCC)(CCCC)(CCCC)OB(Oc1ccccc1)OP(CCCC)(CCCC)(CCCC)CCCC. The van der Waals surface area contributed by atoms with Crippen LogP contribution in [0.3, 0.4) is 0 Å². The number of unbranched alkanes of at least 4 members (excludes halogenated alkanes) is 8. The number of rotatable bonds is 30. The van der Waals surface area contributed by atoms with Crippen molar-refractivity contribution < 1.29 is 13.5 Å². The monoisotopic (exact) mass is 655 g/mol. The molecule has 0 aliphatic heterocycles. The average Bonchev–Trinajstić information content (AvgIpc) is 3.05. The quantitative estimate of drug-likeness (QED) is 0.0610. The van der Waals surface area contributed by atoms with E-state index in [4.69, 9.17) is 13.5 Å². The van der Waals surface area contributed by atoms with E-state index in [1.165, 1.54) is 152 Å². The first-order valence-corrected chi connectivity index (χ1v) is 25.2. The molecule has 0 saturated carbocycles. The molecule has 6 heteroatoms. The van der Waals surface area contributed by atoms with E-state index in [1.54, 1.807) is 0 Å². The zero-order valence-corrected chi connectivity index (χ0v) is 32.8. The Kier molecular flexibility index (Phi) is 21.4. The molecule has 0 amide bonds. The molecule has 0 atom stereocenters. The van der Waals surface area contributed by atoms with Gasteiger partial charge in [0.05, 0.1) is 0 Å². The van der Waals surface area contributed by atoms with Crippen LogP contribution >= 0.6 is 13.7 Å². The van der Waals surface area contributed by atoms with E-state index in [0.29, 0.717) is 0 Å². The Balaban J connectivity index is 3.98. The van der Waals surface area contributed by atoms with Crippen LogP contribution in [0.4, 0.5) is 0 Å². The minimum absolute atomic E-state index is 0.613. The molecule has 0 aliphatic rings. The molecule has 1 rings (SSSR count). The Morgan fingerprint density at radius 1 is 0.409 bits per heavy atom. The number of hydrogen-bond acceptors (Lipinski definition) is 3. The van der Waals surface area contributed by atoms with Gasteiger partial charge in [0, 0.05) is 0 Å². The first-order valence-electron chi connectivity index (χ1n) is 19.4. The molecule has 1 aromatic carbocycles. The van der Waals surface area contributed by atoms with Crippen LogP contribution in [-0.4, -0.2) is 56.6 Å². The summed E-state index contributed by atoms with van der Waals surface area (Å²) in [7, 11) is -0.613. The van der Waals surface area contributed by atoms with Crippen LogP contribution in [0.15, 0.2) is 30.3 Å². The summed E-state index contributed by atoms with van der Waals surface area (Å²) in [5.74, 6) is 0.889. The Bertz CT molecular complexity index is 702. The molecule has 0 saturated heterocycles. The molecule has 0 spiro atoms. The fourth-order valence-corrected chi connectivity index (χ4v) is 21.1. The normalized spacial score (nSPS) is 14.1. The van der Waals surface area contributed by atoms with Gasteiger partial charge >= 0.3 is 278 Å². The van der Waals surface area contributed by atoms with E-state index in [9.17, 15) is 0 Å². The van der Waals surface area contributed by atoms with Gasteiger partial charge in [0.25, 0.3) is 0 Å². The molecular weight excluding hydrogens is 577 g/mol. The summed E-state index contributed by atoms with van der Waals surface area (Å²) in [5, 5.41) is 0. The summed E-state index contributed by atoms with van der Waals surface area (Å²) in [5.41, 5.74) is 0. The van der Waals surface area contributed by atoms with Crippen molar-refractivity contribution in [1.29, 1.82) is 0 Å². The molecule has 0 radical (unpaired) electrons. The second-order valence-electron chi connectivity index (χ2n) is 14.3. The Morgan fingerprint density at radius 2 is 0.659 bits per heavy atom. The van der Waals surface area contributed by atoms with E-state index in [1.807, 2.05) is 0 Å². The molecule has 260 valence electrons.